The van der Waals surface area contributed by atoms with Gasteiger partial charge in [0.25, 0.3) is 0 Å². The fourth-order valence-corrected chi connectivity index (χ4v) is 3.98. The number of alkyl halides is 3. The third-order valence-corrected chi connectivity index (χ3v) is 5.71. The Bertz CT molecular complexity index is 1400. The fraction of sp³-hybridized carbons (Fsp3) is 0.192. The van der Waals surface area contributed by atoms with E-state index in [9.17, 15) is 18.0 Å². The third-order valence-electron chi connectivity index (χ3n) is 5.71. The van der Waals surface area contributed by atoms with Gasteiger partial charge in [-0.1, -0.05) is 12.1 Å². The predicted molar refractivity (Wildman–Crippen MR) is 132 cm³/mol. The topological polar surface area (TPSA) is 79.4 Å². The van der Waals surface area contributed by atoms with Crippen molar-refractivity contribution in [2.75, 3.05) is 28.6 Å². The molecule has 2 amide bonds. The van der Waals surface area contributed by atoms with Gasteiger partial charge in [0.1, 0.15) is 17.3 Å². The monoisotopic (exact) mass is 493 g/mol. The second-order valence-corrected chi connectivity index (χ2v) is 8.36. The van der Waals surface area contributed by atoms with Crippen LogP contribution in [0.25, 0.3) is 11.0 Å². The summed E-state index contributed by atoms with van der Waals surface area (Å²) in [5.74, 6) is 1.87. The van der Waals surface area contributed by atoms with Gasteiger partial charge >= 0.3 is 12.2 Å². The van der Waals surface area contributed by atoms with Crippen molar-refractivity contribution < 1.29 is 22.7 Å². The summed E-state index contributed by atoms with van der Waals surface area (Å²) in [5.41, 5.74) is 1.07. The first-order valence-corrected chi connectivity index (χ1v) is 11.4. The summed E-state index contributed by atoms with van der Waals surface area (Å²) in [7, 11) is 0. The van der Waals surface area contributed by atoms with Crippen molar-refractivity contribution in [1.82, 2.24) is 9.97 Å². The van der Waals surface area contributed by atoms with Crippen LogP contribution in [0, 0.1) is 0 Å². The van der Waals surface area contributed by atoms with E-state index in [0.29, 0.717) is 22.7 Å². The highest BCUT2D eigenvalue weighted by atomic mass is 19.4. The van der Waals surface area contributed by atoms with Gasteiger partial charge in [-0.15, -0.1) is 0 Å². The molecule has 10 heteroatoms. The van der Waals surface area contributed by atoms with E-state index in [0.717, 1.165) is 49.4 Å². The van der Waals surface area contributed by atoms with Crippen LogP contribution in [0.1, 0.15) is 18.4 Å². The number of anilines is 3. The molecule has 1 fully saturated rings. The van der Waals surface area contributed by atoms with E-state index >= 15 is 0 Å². The number of amides is 2. The predicted octanol–water partition coefficient (Wildman–Crippen LogP) is 6.69. The number of aromatic nitrogens is 2. The van der Waals surface area contributed by atoms with Crippen molar-refractivity contribution in [2.45, 2.75) is 19.0 Å². The summed E-state index contributed by atoms with van der Waals surface area (Å²) in [5, 5.41) is 5.01. The molecule has 2 N–H and O–H groups in total. The van der Waals surface area contributed by atoms with Crippen molar-refractivity contribution in [1.29, 1.82) is 0 Å². The Kier molecular flexibility index (Phi) is 6.32. The summed E-state index contributed by atoms with van der Waals surface area (Å²) in [6.45, 7) is 1.94. The Morgan fingerprint density at radius 1 is 0.861 bits per heavy atom. The van der Waals surface area contributed by atoms with Crippen LogP contribution < -0.4 is 20.3 Å². The number of halogens is 3. The zero-order valence-electron chi connectivity index (χ0n) is 19.0. The van der Waals surface area contributed by atoms with Crippen LogP contribution in [-0.2, 0) is 6.18 Å². The van der Waals surface area contributed by atoms with Gasteiger partial charge in [-0.25, -0.2) is 9.78 Å². The largest absolute Gasteiger partial charge is 0.457 e. The number of nitrogens with one attached hydrogen (secondary N) is 2. The zero-order chi connectivity index (χ0) is 25.1. The van der Waals surface area contributed by atoms with Crippen LogP contribution in [0.4, 0.5) is 35.2 Å². The molecule has 0 spiro atoms. The minimum atomic E-state index is -4.50. The van der Waals surface area contributed by atoms with Gasteiger partial charge in [0.05, 0.1) is 22.8 Å². The highest BCUT2D eigenvalue weighted by Crippen LogP contribution is 2.31. The number of fused-ring (bicyclic) bond motifs is 1. The highest BCUT2D eigenvalue weighted by molar-refractivity contribution is 5.99. The molecule has 0 saturated carbocycles. The molecule has 5 rings (SSSR count). The SMILES string of the molecule is O=C(Nc1cccc(Oc2ccc3ncc(N4CCCC4)nc3c2)c1)Nc1cccc(C(F)(F)F)c1. The van der Waals surface area contributed by atoms with E-state index in [1.807, 2.05) is 12.1 Å². The summed E-state index contributed by atoms with van der Waals surface area (Å²) < 4.78 is 44.7. The molecular formula is C26H22F3N5O2. The van der Waals surface area contributed by atoms with Gasteiger partial charge in [-0.05, 0) is 55.3 Å². The van der Waals surface area contributed by atoms with E-state index in [1.54, 1.807) is 36.5 Å². The third kappa shape index (κ3) is 5.48. The molecule has 36 heavy (non-hydrogen) atoms. The molecule has 0 atom stereocenters. The van der Waals surface area contributed by atoms with Crippen LogP contribution in [-0.4, -0.2) is 29.1 Å². The van der Waals surface area contributed by atoms with E-state index in [-0.39, 0.29) is 5.69 Å². The number of benzene rings is 3. The normalized spacial score (nSPS) is 13.6. The van der Waals surface area contributed by atoms with E-state index in [1.165, 1.54) is 12.1 Å². The van der Waals surface area contributed by atoms with Crippen molar-refractivity contribution in [3.8, 4) is 11.5 Å². The first-order valence-electron chi connectivity index (χ1n) is 11.4. The summed E-state index contributed by atoms with van der Waals surface area (Å²) in [6, 6.07) is 15.9. The van der Waals surface area contributed by atoms with Gasteiger partial charge in [0.15, 0.2) is 0 Å². The molecule has 0 unspecified atom stereocenters. The smallest absolute Gasteiger partial charge is 0.416 e. The number of ether oxygens (including phenoxy) is 1. The highest BCUT2D eigenvalue weighted by Gasteiger charge is 2.30. The molecule has 0 radical (unpaired) electrons. The lowest BCUT2D eigenvalue weighted by atomic mass is 10.2. The van der Waals surface area contributed by atoms with Crippen LogP contribution in [0.15, 0.2) is 72.9 Å². The lowest BCUT2D eigenvalue weighted by Crippen LogP contribution is -2.19. The first-order chi connectivity index (χ1) is 17.3. The summed E-state index contributed by atoms with van der Waals surface area (Å²) in [6.07, 6.45) is -0.423. The summed E-state index contributed by atoms with van der Waals surface area (Å²) >= 11 is 0. The number of nitrogens with zero attached hydrogens (tertiary/aromatic N) is 3. The van der Waals surface area contributed by atoms with Crippen LogP contribution in [0.5, 0.6) is 11.5 Å². The average Bonchev–Trinajstić information content (AvgIpc) is 3.38. The Balaban J connectivity index is 1.27. The number of hydrogen-bond donors (Lipinski definition) is 2. The molecule has 0 aliphatic carbocycles. The Morgan fingerprint density at radius 3 is 2.31 bits per heavy atom. The maximum atomic E-state index is 12.9. The molecular weight excluding hydrogens is 471 g/mol. The van der Waals surface area contributed by atoms with Crippen LogP contribution in [0.2, 0.25) is 0 Å². The van der Waals surface area contributed by atoms with Crippen molar-refractivity contribution in [3.63, 3.8) is 0 Å². The van der Waals surface area contributed by atoms with Gasteiger partial charge < -0.3 is 20.3 Å². The Morgan fingerprint density at radius 2 is 1.56 bits per heavy atom. The minimum Gasteiger partial charge on any atom is -0.457 e. The number of carbonyl (C=O) groups is 1. The van der Waals surface area contributed by atoms with E-state index in [4.69, 9.17) is 9.72 Å². The second-order valence-electron chi connectivity index (χ2n) is 8.36. The zero-order valence-corrected chi connectivity index (χ0v) is 19.0. The summed E-state index contributed by atoms with van der Waals surface area (Å²) in [4.78, 5) is 23.8. The van der Waals surface area contributed by atoms with Gasteiger partial charge in [0, 0.05) is 36.6 Å². The van der Waals surface area contributed by atoms with Gasteiger partial charge in [-0.3, -0.25) is 4.98 Å². The molecule has 0 bridgehead atoms. The molecule has 3 aromatic carbocycles. The molecule has 2 heterocycles. The number of urea groups is 1. The van der Waals surface area contributed by atoms with E-state index in [2.05, 4.69) is 20.5 Å². The standard InChI is InChI=1S/C26H22F3N5O2/c27-26(28,29)17-5-3-6-18(13-17)31-25(35)32-19-7-4-8-20(14-19)36-21-9-10-22-23(15-21)33-24(16-30-22)34-11-1-2-12-34/h3-10,13-16H,1-2,11-12H2,(H2,31,32,35). The molecule has 1 aromatic heterocycles. The maximum absolute atomic E-state index is 12.9. The van der Waals surface area contributed by atoms with Crippen molar-refractivity contribution in [2.24, 2.45) is 0 Å². The maximum Gasteiger partial charge on any atom is 0.416 e. The lowest BCUT2D eigenvalue weighted by molar-refractivity contribution is -0.137. The number of carbonyl (C=O) groups excluding carboxylic acids is 1. The number of hydrogen-bond acceptors (Lipinski definition) is 5. The quantitative estimate of drug-likeness (QED) is 0.324. The minimum absolute atomic E-state index is 0.0281. The van der Waals surface area contributed by atoms with Gasteiger partial charge in [-0.2, -0.15) is 13.2 Å². The molecule has 1 aliphatic rings. The van der Waals surface area contributed by atoms with E-state index < -0.39 is 17.8 Å². The van der Waals surface area contributed by atoms with Crippen LogP contribution in [0.3, 0.4) is 0 Å². The number of rotatable bonds is 5. The molecule has 1 aliphatic heterocycles. The van der Waals surface area contributed by atoms with Crippen LogP contribution >= 0.6 is 0 Å². The molecule has 7 nitrogen and oxygen atoms in total. The Labute approximate surface area is 204 Å². The second kappa shape index (κ2) is 9.73. The molecule has 1 saturated heterocycles. The van der Waals surface area contributed by atoms with Crippen molar-refractivity contribution in [3.05, 3.63) is 78.5 Å². The molecule has 184 valence electrons. The molecule has 4 aromatic rings. The average molecular weight is 493 g/mol. The Hall–Kier alpha value is -4.34. The fourth-order valence-electron chi connectivity index (χ4n) is 3.98. The first kappa shape index (κ1) is 23.4. The van der Waals surface area contributed by atoms with Crippen molar-refractivity contribution >= 4 is 34.3 Å². The van der Waals surface area contributed by atoms with Gasteiger partial charge in [0.2, 0.25) is 0 Å². The lowest BCUT2D eigenvalue weighted by Gasteiger charge is -2.16.